The third-order valence-electron chi connectivity index (χ3n) is 9.84. The van der Waals surface area contributed by atoms with Crippen LogP contribution < -0.4 is 0 Å². The number of aliphatic hydroxyl groups excluding tert-OH is 2. The van der Waals surface area contributed by atoms with Crippen molar-refractivity contribution in [3.63, 3.8) is 0 Å². The summed E-state index contributed by atoms with van der Waals surface area (Å²) in [7, 11) is 0. The first-order valence-corrected chi connectivity index (χ1v) is 11.9. The largest absolute Gasteiger partial charge is 0.462 e. The van der Waals surface area contributed by atoms with Gasteiger partial charge in [-0.05, 0) is 75.0 Å². The molecule has 3 unspecified atom stereocenters. The number of Topliss-reactive ketones (excluding diaryl/α,β-unsaturated/α-hetero) is 1. The molecule has 0 bridgehead atoms. The molecule has 31 heavy (non-hydrogen) atoms. The van der Waals surface area contributed by atoms with Gasteiger partial charge in [-0.3, -0.25) is 9.59 Å². The molecule has 0 aromatic rings. The summed E-state index contributed by atoms with van der Waals surface area (Å²) in [6.45, 7) is 6.98. The fourth-order valence-corrected chi connectivity index (χ4v) is 8.17. The van der Waals surface area contributed by atoms with Gasteiger partial charge >= 0.3 is 5.97 Å². The molecule has 6 nitrogen and oxygen atoms in total. The smallest absolute Gasteiger partial charge is 0.302 e. The number of carbonyl (C=O) groups is 2. The maximum atomic E-state index is 12.5. The number of allylic oxidation sites excluding steroid dienone is 2. The first-order valence-electron chi connectivity index (χ1n) is 11.9. The van der Waals surface area contributed by atoms with Gasteiger partial charge in [0.2, 0.25) is 0 Å². The molecule has 174 valence electrons. The molecule has 0 aliphatic heterocycles. The summed E-state index contributed by atoms with van der Waals surface area (Å²) < 4.78 is 5.94. The third-order valence-corrected chi connectivity index (χ3v) is 9.84. The van der Waals surface area contributed by atoms with Crippen molar-refractivity contribution < 1.29 is 29.6 Å². The zero-order valence-electron chi connectivity index (χ0n) is 19.3. The predicted molar refractivity (Wildman–Crippen MR) is 115 cm³/mol. The fourth-order valence-electron chi connectivity index (χ4n) is 8.17. The Balaban J connectivity index is 1.74. The Morgan fingerprint density at radius 1 is 1.23 bits per heavy atom. The van der Waals surface area contributed by atoms with E-state index in [4.69, 9.17) is 4.74 Å². The summed E-state index contributed by atoms with van der Waals surface area (Å²) in [6, 6.07) is 0. The molecule has 4 rings (SSSR count). The lowest BCUT2D eigenvalue weighted by molar-refractivity contribution is -0.191. The molecule has 0 spiro atoms. The van der Waals surface area contributed by atoms with Crippen LogP contribution in [0.4, 0.5) is 0 Å². The van der Waals surface area contributed by atoms with E-state index in [0.29, 0.717) is 12.8 Å². The molecular formula is C25H38O6. The van der Waals surface area contributed by atoms with Crippen molar-refractivity contribution in [2.75, 3.05) is 6.61 Å². The SMILES string of the molecule is CC(=O)OC1C[C@@]2(C)[C@@H](CC[C@]2(O)C(C)=O)[C@@H]2CC=C3CC(C(O)CO)CC[C@]3(C)[C@@H]12. The molecule has 9 atom stereocenters. The second-order valence-corrected chi connectivity index (χ2v) is 11.2. The van der Waals surface area contributed by atoms with Gasteiger partial charge in [0.15, 0.2) is 5.78 Å². The number of esters is 1. The molecule has 4 aliphatic rings. The summed E-state index contributed by atoms with van der Waals surface area (Å²) in [6.07, 6.45) is 6.33. The molecular weight excluding hydrogens is 396 g/mol. The van der Waals surface area contributed by atoms with E-state index in [0.717, 1.165) is 32.1 Å². The second-order valence-electron chi connectivity index (χ2n) is 11.2. The number of fused-ring (bicyclic) bond motifs is 5. The summed E-state index contributed by atoms with van der Waals surface area (Å²) in [4.78, 5) is 24.6. The fraction of sp³-hybridized carbons (Fsp3) is 0.840. The van der Waals surface area contributed by atoms with E-state index in [1.54, 1.807) is 0 Å². The topological polar surface area (TPSA) is 104 Å². The first kappa shape index (κ1) is 22.9. The Kier molecular flexibility index (Phi) is 5.67. The number of rotatable bonds is 4. The number of ketones is 1. The highest BCUT2D eigenvalue weighted by Crippen LogP contribution is 2.68. The van der Waals surface area contributed by atoms with Crippen LogP contribution in [0.3, 0.4) is 0 Å². The van der Waals surface area contributed by atoms with E-state index < -0.39 is 17.1 Å². The third kappa shape index (κ3) is 3.24. The van der Waals surface area contributed by atoms with E-state index >= 15 is 0 Å². The number of ether oxygens (including phenoxy) is 1. The maximum absolute atomic E-state index is 12.5. The number of hydrogen-bond donors (Lipinski definition) is 3. The van der Waals surface area contributed by atoms with Crippen molar-refractivity contribution in [2.45, 2.75) is 90.4 Å². The Morgan fingerprint density at radius 2 is 1.94 bits per heavy atom. The van der Waals surface area contributed by atoms with Crippen LogP contribution >= 0.6 is 0 Å². The van der Waals surface area contributed by atoms with Gasteiger partial charge in [0, 0.05) is 18.3 Å². The number of aliphatic hydroxyl groups is 3. The van der Waals surface area contributed by atoms with Crippen molar-refractivity contribution in [2.24, 2.45) is 34.5 Å². The molecule has 3 N–H and O–H groups in total. The van der Waals surface area contributed by atoms with Crippen LogP contribution in [-0.4, -0.2) is 51.5 Å². The molecule has 3 fully saturated rings. The van der Waals surface area contributed by atoms with Crippen molar-refractivity contribution in [3.8, 4) is 0 Å². The van der Waals surface area contributed by atoms with Gasteiger partial charge in [0.1, 0.15) is 11.7 Å². The quantitative estimate of drug-likeness (QED) is 0.464. The minimum absolute atomic E-state index is 0.0520. The summed E-state index contributed by atoms with van der Waals surface area (Å²) >= 11 is 0. The Morgan fingerprint density at radius 3 is 2.55 bits per heavy atom. The van der Waals surface area contributed by atoms with E-state index in [9.17, 15) is 24.9 Å². The summed E-state index contributed by atoms with van der Waals surface area (Å²) in [5, 5.41) is 31.1. The number of carbonyl (C=O) groups excluding carboxylic acids is 2. The first-order chi connectivity index (χ1) is 14.5. The van der Waals surface area contributed by atoms with Crippen molar-refractivity contribution in [3.05, 3.63) is 11.6 Å². The standard InChI is InChI=1S/C25H38O6/c1-14(27)25(30)10-8-19-18-6-5-17-11-16(20(29)13-26)7-9-23(17,3)22(18)21(31-15(2)28)12-24(19,25)4/h5,16,18-22,26,29-30H,6-13H2,1-4H3/t16?,18-,19-,20?,21?,22+,23-,24-,25-/m0/s1. The van der Waals surface area contributed by atoms with Crippen LogP contribution in [0.15, 0.2) is 11.6 Å². The molecule has 4 aliphatic carbocycles. The highest BCUT2D eigenvalue weighted by molar-refractivity contribution is 5.86. The lowest BCUT2D eigenvalue weighted by atomic mass is 9.45. The van der Waals surface area contributed by atoms with Crippen molar-refractivity contribution >= 4 is 11.8 Å². The van der Waals surface area contributed by atoms with Gasteiger partial charge in [-0.25, -0.2) is 0 Å². The molecule has 6 heteroatoms. The van der Waals surface area contributed by atoms with Crippen LogP contribution in [0.2, 0.25) is 0 Å². The van der Waals surface area contributed by atoms with Crippen LogP contribution in [0.1, 0.15) is 72.6 Å². The summed E-state index contributed by atoms with van der Waals surface area (Å²) in [5.41, 5.74) is -0.813. The minimum Gasteiger partial charge on any atom is -0.462 e. The molecule has 0 saturated heterocycles. The Bertz CT molecular complexity index is 791. The minimum atomic E-state index is -1.37. The molecule has 0 heterocycles. The molecule has 3 saturated carbocycles. The van der Waals surface area contributed by atoms with Crippen LogP contribution in [-0.2, 0) is 14.3 Å². The predicted octanol–water partition coefficient (Wildman–Crippen LogP) is 2.78. The van der Waals surface area contributed by atoms with E-state index in [1.165, 1.54) is 19.4 Å². The zero-order chi connectivity index (χ0) is 22.8. The van der Waals surface area contributed by atoms with E-state index in [1.807, 2.05) is 6.92 Å². The van der Waals surface area contributed by atoms with Crippen molar-refractivity contribution in [1.82, 2.24) is 0 Å². The number of hydrogen-bond acceptors (Lipinski definition) is 6. The Labute approximate surface area is 185 Å². The van der Waals surface area contributed by atoms with Gasteiger partial charge in [0.05, 0.1) is 12.7 Å². The van der Waals surface area contributed by atoms with E-state index in [-0.39, 0.29) is 53.6 Å². The van der Waals surface area contributed by atoms with Crippen LogP contribution in [0, 0.1) is 34.5 Å². The molecule has 0 aromatic carbocycles. The average Bonchev–Trinajstić information content (AvgIpc) is 2.98. The Hall–Kier alpha value is -1.24. The second kappa shape index (κ2) is 7.67. The summed E-state index contributed by atoms with van der Waals surface area (Å²) in [5.74, 6) is 0.124. The van der Waals surface area contributed by atoms with Gasteiger partial charge in [0.25, 0.3) is 0 Å². The van der Waals surface area contributed by atoms with Crippen molar-refractivity contribution in [1.29, 1.82) is 0 Å². The maximum Gasteiger partial charge on any atom is 0.302 e. The highest BCUT2D eigenvalue weighted by atomic mass is 16.5. The van der Waals surface area contributed by atoms with Crippen LogP contribution in [0.25, 0.3) is 0 Å². The zero-order valence-corrected chi connectivity index (χ0v) is 19.3. The lowest BCUT2D eigenvalue weighted by Gasteiger charge is -2.61. The van der Waals surface area contributed by atoms with Gasteiger partial charge < -0.3 is 20.1 Å². The molecule has 0 radical (unpaired) electrons. The normalized spacial score (nSPS) is 47.5. The van der Waals surface area contributed by atoms with Gasteiger partial charge in [-0.15, -0.1) is 0 Å². The van der Waals surface area contributed by atoms with Gasteiger partial charge in [-0.1, -0.05) is 25.5 Å². The lowest BCUT2D eigenvalue weighted by Crippen LogP contribution is -2.61. The van der Waals surface area contributed by atoms with Gasteiger partial charge in [-0.2, -0.15) is 0 Å². The molecule has 0 amide bonds. The highest BCUT2D eigenvalue weighted by Gasteiger charge is 2.68. The van der Waals surface area contributed by atoms with E-state index in [2.05, 4.69) is 13.0 Å². The monoisotopic (exact) mass is 434 g/mol. The molecule has 0 aromatic heterocycles. The average molecular weight is 435 g/mol. The van der Waals surface area contributed by atoms with Crippen LogP contribution in [0.5, 0.6) is 0 Å².